The molecule has 6 nitrogen and oxygen atoms in total. The van der Waals surface area contributed by atoms with Gasteiger partial charge in [-0.15, -0.1) is 0 Å². The summed E-state index contributed by atoms with van der Waals surface area (Å²) in [5, 5.41) is 7.22. The molecule has 0 spiro atoms. The summed E-state index contributed by atoms with van der Waals surface area (Å²) in [5.74, 6) is -0.794. The van der Waals surface area contributed by atoms with E-state index < -0.39 is 5.95 Å². The van der Waals surface area contributed by atoms with Crippen molar-refractivity contribution in [2.75, 3.05) is 11.9 Å². The zero-order valence-electron chi connectivity index (χ0n) is 12.8. The van der Waals surface area contributed by atoms with Gasteiger partial charge in [-0.25, -0.2) is 9.67 Å². The zero-order valence-corrected chi connectivity index (χ0v) is 12.8. The van der Waals surface area contributed by atoms with E-state index in [9.17, 15) is 9.18 Å². The highest BCUT2D eigenvalue weighted by molar-refractivity contribution is 6.00. The van der Waals surface area contributed by atoms with Crippen molar-refractivity contribution in [2.45, 2.75) is 38.8 Å². The smallest absolute Gasteiger partial charge is 0.230 e. The lowest BCUT2D eigenvalue weighted by Gasteiger charge is -2.22. The van der Waals surface area contributed by atoms with E-state index in [2.05, 4.69) is 15.4 Å². The van der Waals surface area contributed by atoms with E-state index in [1.54, 1.807) is 23.9 Å². The molecule has 1 saturated heterocycles. The second-order valence-electron chi connectivity index (χ2n) is 5.99. The fourth-order valence-corrected chi connectivity index (χ4v) is 3.18. The number of hydrogen-bond acceptors (Lipinski definition) is 4. The molecule has 23 heavy (non-hydrogen) atoms. The fourth-order valence-electron chi connectivity index (χ4n) is 3.18. The molecule has 1 unspecified atom stereocenters. The Morgan fingerprint density at radius 1 is 1.43 bits per heavy atom. The maximum absolute atomic E-state index is 14.4. The first-order chi connectivity index (χ1) is 11.1. The largest absolute Gasteiger partial charge is 0.357 e. The molecule has 0 aromatic carbocycles. The van der Waals surface area contributed by atoms with E-state index in [1.807, 2.05) is 0 Å². The van der Waals surface area contributed by atoms with E-state index in [1.165, 1.54) is 0 Å². The Labute approximate surface area is 132 Å². The molecular formula is C16H17FN4O2. The number of amides is 1. The molecule has 0 aliphatic carbocycles. The summed E-state index contributed by atoms with van der Waals surface area (Å²) >= 11 is 0. The molecule has 120 valence electrons. The normalized spacial score (nSPS) is 20.4. The molecule has 0 saturated carbocycles. The molecule has 1 N–H and O–H groups in total. The SMILES string of the molecule is Cc1cc2c(c(F)n1)-c1cn(C3CCCCO3)nc1CC(=O)N2. The van der Waals surface area contributed by atoms with Crippen molar-refractivity contribution in [3.63, 3.8) is 0 Å². The van der Waals surface area contributed by atoms with Gasteiger partial charge in [0.05, 0.1) is 23.4 Å². The number of nitrogens with one attached hydrogen (secondary N) is 1. The number of pyridine rings is 1. The van der Waals surface area contributed by atoms with Crippen molar-refractivity contribution in [1.29, 1.82) is 0 Å². The first-order valence-electron chi connectivity index (χ1n) is 7.79. The third-order valence-electron chi connectivity index (χ3n) is 4.23. The molecule has 1 fully saturated rings. The van der Waals surface area contributed by atoms with E-state index in [4.69, 9.17) is 4.74 Å². The third-order valence-corrected chi connectivity index (χ3v) is 4.23. The predicted molar refractivity (Wildman–Crippen MR) is 81.3 cm³/mol. The summed E-state index contributed by atoms with van der Waals surface area (Å²) in [6, 6.07) is 1.68. The van der Waals surface area contributed by atoms with Crippen LogP contribution < -0.4 is 5.32 Å². The lowest BCUT2D eigenvalue weighted by Crippen LogP contribution is -2.19. The summed E-state index contributed by atoms with van der Waals surface area (Å²) in [5.41, 5.74) is 2.44. The van der Waals surface area contributed by atoms with Crippen molar-refractivity contribution < 1.29 is 13.9 Å². The lowest BCUT2D eigenvalue weighted by molar-refractivity contribution is -0.115. The molecule has 2 aliphatic rings. The number of aromatic nitrogens is 3. The molecule has 2 aliphatic heterocycles. The summed E-state index contributed by atoms with van der Waals surface area (Å²) in [6.45, 7) is 2.39. The molecule has 1 amide bonds. The Hall–Kier alpha value is -2.28. The van der Waals surface area contributed by atoms with Gasteiger partial charge < -0.3 is 10.1 Å². The van der Waals surface area contributed by atoms with Crippen molar-refractivity contribution >= 4 is 11.6 Å². The highest BCUT2D eigenvalue weighted by Gasteiger charge is 2.27. The number of ether oxygens (including phenoxy) is 1. The highest BCUT2D eigenvalue weighted by atomic mass is 19.1. The highest BCUT2D eigenvalue weighted by Crippen LogP contribution is 2.36. The van der Waals surface area contributed by atoms with Gasteiger partial charge in [-0.2, -0.15) is 9.49 Å². The Balaban J connectivity index is 1.84. The van der Waals surface area contributed by atoms with E-state index in [-0.39, 0.29) is 18.6 Å². The van der Waals surface area contributed by atoms with Crippen LogP contribution in [0, 0.1) is 12.9 Å². The van der Waals surface area contributed by atoms with Crippen LogP contribution in [0.25, 0.3) is 11.1 Å². The molecular weight excluding hydrogens is 299 g/mol. The van der Waals surface area contributed by atoms with Crippen molar-refractivity contribution in [2.24, 2.45) is 0 Å². The number of aryl methyl sites for hydroxylation is 1. The van der Waals surface area contributed by atoms with Gasteiger partial charge in [-0.05, 0) is 32.3 Å². The Bertz CT molecular complexity index is 781. The van der Waals surface area contributed by atoms with Gasteiger partial charge in [0.2, 0.25) is 11.9 Å². The average molecular weight is 316 g/mol. The molecule has 4 rings (SSSR count). The number of anilines is 1. The van der Waals surface area contributed by atoms with Gasteiger partial charge in [0, 0.05) is 24.1 Å². The molecule has 4 heterocycles. The maximum atomic E-state index is 14.4. The van der Waals surface area contributed by atoms with Crippen LogP contribution in [0.2, 0.25) is 0 Å². The topological polar surface area (TPSA) is 69.0 Å². The summed E-state index contributed by atoms with van der Waals surface area (Å²) in [7, 11) is 0. The van der Waals surface area contributed by atoms with Gasteiger partial charge in [0.25, 0.3) is 0 Å². The van der Waals surface area contributed by atoms with Crippen molar-refractivity contribution in [1.82, 2.24) is 14.8 Å². The second-order valence-corrected chi connectivity index (χ2v) is 5.99. The number of carbonyl (C=O) groups is 1. The molecule has 0 radical (unpaired) electrons. The number of fused-ring (bicyclic) bond motifs is 3. The third kappa shape index (κ3) is 2.50. The fraction of sp³-hybridized carbons (Fsp3) is 0.438. The van der Waals surface area contributed by atoms with Crippen LogP contribution >= 0.6 is 0 Å². The van der Waals surface area contributed by atoms with Gasteiger partial charge >= 0.3 is 0 Å². The first-order valence-corrected chi connectivity index (χ1v) is 7.79. The van der Waals surface area contributed by atoms with Crippen LogP contribution in [0.15, 0.2) is 12.3 Å². The van der Waals surface area contributed by atoms with Crippen molar-refractivity contribution in [3.05, 3.63) is 29.6 Å². The molecule has 1 atom stereocenters. The number of nitrogens with zero attached hydrogens (tertiary/aromatic N) is 3. The molecule has 7 heteroatoms. The summed E-state index contributed by atoms with van der Waals surface area (Å²) in [4.78, 5) is 16.0. The van der Waals surface area contributed by atoms with E-state index in [0.29, 0.717) is 34.8 Å². The average Bonchev–Trinajstić information content (AvgIpc) is 2.85. The minimum Gasteiger partial charge on any atom is -0.357 e. The van der Waals surface area contributed by atoms with Crippen LogP contribution in [-0.4, -0.2) is 27.3 Å². The van der Waals surface area contributed by atoms with Gasteiger partial charge in [-0.1, -0.05) is 0 Å². The van der Waals surface area contributed by atoms with Gasteiger partial charge in [-0.3, -0.25) is 4.79 Å². The van der Waals surface area contributed by atoms with Gasteiger partial charge in [0.1, 0.15) is 6.23 Å². The van der Waals surface area contributed by atoms with Crippen LogP contribution in [0.4, 0.5) is 10.1 Å². The predicted octanol–water partition coefficient (Wildman–Crippen LogP) is 2.59. The number of halogens is 1. The standard InChI is InChI=1S/C16H17FN4O2/c1-9-6-12-15(16(17)18-9)10-8-21(14-4-2-3-5-23-14)20-11(10)7-13(22)19-12/h6,8,14H,2-5,7H2,1H3,(H,19,22). The summed E-state index contributed by atoms with van der Waals surface area (Å²) in [6.07, 6.45) is 4.71. The molecule has 2 aromatic heterocycles. The monoisotopic (exact) mass is 316 g/mol. The molecule has 2 aromatic rings. The minimum atomic E-state index is -0.590. The number of carbonyl (C=O) groups excluding carboxylic acids is 1. The quantitative estimate of drug-likeness (QED) is 0.821. The zero-order chi connectivity index (χ0) is 16.0. The van der Waals surface area contributed by atoms with Gasteiger partial charge in [0.15, 0.2) is 0 Å². The van der Waals surface area contributed by atoms with Crippen LogP contribution in [0.3, 0.4) is 0 Å². The summed E-state index contributed by atoms with van der Waals surface area (Å²) < 4.78 is 21.9. The lowest BCUT2D eigenvalue weighted by atomic mass is 10.1. The Kier molecular flexibility index (Phi) is 3.37. The maximum Gasteiger partial charge on any atom is 0.230 e. The van der Waals surface area contributed by atoms with E-state index in [0.717, 1.165) is 19.3 Å². The second kappa shape index (κ2) is 5.42. The number of rotatable bonds is 1. The van der Waals surface area contributed by atoms with Crippen molar-refractivity contribution in [3.8, 4) is 11.1 Å². The van der Waals surface area contributed by atoms with Crippen LogP contribution in [-0.2, 0) is 16.0 Å². The Morgan fingerprint density at radius 3 is 3.09 bits per heavy atom. The Morgan fingerprint density at radius 2 is 2.30 bits per heavy atom. The minimum absolute atomic E-state index is 0.113. The molecule has 0 bridgehead atoms. The number of hydrogen-bond donors (Lipinski definition) is 1. The van der Waals surface area contributed by atoms with Crippen LogP contribution in [0.5, 0.6) is 0 Å². The first kappa shape index (κ1) is 14.3. The van der Waals surface area contributed by atoms with Crippen LogP contribution in [0.1, 0.15) is 36.9 Å². The van der Waals surface area contributed by atoms with E-state index >= 15 is 0 Å².